The monoisotopic (exact) mass is 616 g/mol. The van der Waals surface area contributed by atoms with Gasteiger partial charge in [-0.2, -0.15) is 0 Å². The van der Waals surface area contributed by atoms with Crippen molar-refractivity contribution in [2.24, 2.45) is 11.8 Å². The van der Waals surface area contributed by atoms with Gasteiger partial charge in [-0.25, -0.2) is 8.78 Å². The van der Waals surface area contributed by atoms with Gasteiger partial charge in [0.2, 0.25) is 5.88 Å². The SMILES string of the molecule is CC[C@@H]1[C@@H](C)[C@H](OCc2ccccc2)[C@@H](OCc2ccccc2)[C@H](Oc2nn(C(C)C)c(C)c2Cc2ccc(C)cc2)C1(F)F. The Morgan fingerprint density at radius 3 is 1.89 bits per heavy atom. The number of benzene rings is 3. The molecule has 0 unspecified atom stereocenters. The summed E-state index contributed by atoms with van der Waals surface area (Å²) < 4.78 is 54.8. The van der Waals surface area contributed by atoms with Gasteiger partial charge in [-0.15, -0.1) is 5.10 Å². The molecule has 45 heavy (non-hydrogen) atoms. The summed E-state index contributed by atoms with van der Waals surface area (Å²) in [6, 6.07) is 27.7. The van der Waals surface area contributed by atoms with E-state index in [9.17, 15) is 0 Å². The van der Waals surface area contributed by atoms with E-state index in [4.69, 9.17) is 19.3 Å². The highest BCUT2D eigenvalue weighted by Gasteiger charge is 2.62. The van der Waals surface area contributed by atoms with E-state index in [1.807, 2.05) is 107 Å². The first-order chi connectivity index (χ1) is 21.6. The quantitative estimate of drug-likeness (QED) is 0.160. The van der Waals surface area contributed by atoms with Crippen LogP contribution in [0.5, 0.6) is 5.88 Å². The second kappa shape index (κ2) is 14.3. The maximum absolute atomic E-state index is 16.8. The van der Waals surface area contributed by atoms with Crippen molar-refractivity contribution >= 4 is 0 Å². The Hall–Kier alpha value is -3.55. The molecule has 0 saturated heterocycles. The largest absolute Gasteiger partial charge is 0.464 e. The molecule has 1 aliphatic carbocycles. The minimum atomic E-state index is -3.20. The maximum atomic E-state index is 16.8. The molecule has 0 amide bonds. The Bertz CT molecular complexity index is 1510. The van der Waals surface area contributed by atoms with E-state index in [-0.39, 0.29) is 31.6 Å². The van der Waals surface area contributed by atoms with Gasteiger partial charge in [-0.1, -0.05) is 104 Å². The average molecular weight is 617 g/mol. The van der Waals surface area contributed by atoms with Crippen LogP contribution in [0.15, 0.2) is 84.9 Å². The van der Waals surface area contributed by atoms with Crippen molar-refractivity contribution in [3.63, 3.8) is 0 Å². The maximum Gasteiger partial charge on any atom is 0.289 e. The third-order valence-corrected chi connectivity index (χ3v) is 9.13. The summed E-state index contributed by atoms with van der Waals surface area (Å²) in [5.74, 6) is -4.41. The molecule has 3 aromatic carbocycles. The second-order valence-corrected chi connectivity index (χ2v) is 12.7. The van der Waals surface area contributed by atoms with E-state index in [2.05, 4.69) is 24.3 Å². The highest BCUT2D eigenvalue weighted by atomic mass is 19.3. The number of hydrogen-bond donors (Lipinski definition) is 0. The fourth-order valence-electron chi connectivity index (χ4n) is 6.59. The molecular formula is C38H46F2N2O3. The van der Waals surface area contributed by atoms with Crippen LogP contribution in [-0.2, 0) is 29.1 Å². The van der Waals surface area contributed by atoms with Crippen molar-refractivity contribution in [1.82, 2.24) is 9.78 Å². The molecule has 1 saturated carbocycles. The fourth-order valence-corrected chi connectivity index (χ4v) is 6.59. The van der Waals surface area contributed by atoms with Crippen LogP contribution in [0, 0.1) is 25.7 Å². The molecule has 0 aliphatic heterocycles. The molecule has 0 bridgehead atoms. The van der Waals surface area contributed by atoms with E-state index in [1.54, 1.807) is 0 Å². The smallest absolute Gasteiger partial charge is 0.289 e. The van der Waals surface area contributed by atoms with E-state index >= 15 is 8.78 Å². The van der Waals surface area contributed by atoms with E-state index < -0.39 is 36.1 Å². The number of nitrogens with zero attached hydrogens (tertiary/aromatic N) is 2. The summed E-state index contributed by atoms with van der Waals surface area (Å²) in [4.78, 5) is 0. The number of aryl methyl sites for hydroxylation is 1. The molecule has 5 rings (SSSR count). The van der Waals surface area contributed by atoms with Crippen molar-refractivity contribution < 1.29 is 23.0 Å². The summed E-state index contributed by atoms with van der Waals surface area (Å²) >= 11 is 0. The van der Waals surface area contributed by atoms with Crippen molar-refractivity contribution in [2.75, 3.05) is 0 Å². The standard InChI is InChI=1S/C38H46F2N2O3/c1-7-33-27(5)34(43-23-30-14-10-8-11-15-30)35(44-24-31-16-12-9-13-17-31)36(38(33,39)40)45-37-32(28(6)42(41-37)25(2)3)22-29-20-18-26(4)19-21-29/h8-21,25,27,33-36H,7,22-24H2,1-6H3/t27-,33-,34+,35-,36+/m1/s1. The molecule has 240 valence electrons. The molecule has 0 spiro atoms. The number of alkyl halides is 2. The molecule has 1 heterocycles. The van der Waals surface area contributed by atoms with Gasteiger partial charge in [0, 0.05) is 29.6 Å². The predicted molar refractivity (Wildman–Crippen MR) is 174 cm³/mol. The van der Waals surface area contributed by atoms with Gasteiger partial charge < -0.3 is 14.2 Å². The minimum Gasteiger partial charge on any atom is -0.464 e. The zero-order chi connectivity index (χ0) is 32.1. The molecule has 1 aliphatic rings. The van der Waals surface area contributed by atoms with Crippen molar-refractivity contribution in [1.29, 1.82) is 0 Å². The molecule has 5 nitrogen and oxygen atoms in total. The predicted octanol–water partition coefficient (Wildman–Crippen LogP) is 8.90. The topological polar surface area (TPSA) is 45.5 Å². The van der Waals surface area contributed by atoms with E-state index in [0.29, 0.717) is 6.42 Å². The van der Waals surface area contributed by atoms with Crippen molar-refractivity contribution in [2.45, 2.75) is 97.9 Å². The Morgan fingerprint density at radius 2 is 1.36 bits per heavy atom. The summed E-state index contributed by atoms with van der Waals surface area (Å²) in [5, 5.41) is 4.79. The lowest BCUT2D eigenvalue weighted by Crippen LogP contribution is -2.64. The molecule has 1 fully saturated rings. The average Bonchev–Trinajstić information content (AvgIpc) is 3.34. The molecule has 7 heteroatoms. The minimum absolute atomic E-state index is 0.0291. The lowest BCUT2D eigenvalue weighted by molar-refractivity contribution is -0.268. The molecule has 5 atom stereocenters. The van der Waals surface area contributed by atoms with Gasteiger partial charge in [-0.3, -0.25) is 4.68 Å². The second-order valence-electron chi connectivity index (χ2n) is 12.7. The lowest BCUT2D eigenvalue weighted by Gasteiger charge is -2.49. The molecule has 4 aromatic rings. The Labute approximate surface area is 266 Å². The number of aromatic nitrogens is 2. The van der Waals surface area contributed by atoms with Crippen LogP contribution < -0.4 is 4.74 Å². The number of halogens is 2. The molecular weight excluding hydrogens is 570 g/mol. The van der Waals surface area contributed by atoms with Crippen LogP contribution in [-0.4, -0.2) is 34.0 Å². The Kier molecular flexibility index (Phi) is 10.4. The van der Waals surface area contributed by atoms with Gasteiger partial charge >= 0.3 is 0 Å². The molecule has 0 radical (unpaired) electrons. The van der Waals surface area contributed by atoms with Crippen LogP contribution in [0.2, 0.25) is 0 Å². The normalized spacial score (nSPS) is 22.9. The van der Waals surface area contributed by atoms with Crippen LogP contribution in [0.1, 0.15) is 73.7 Å². The van der Waals surface area contributed by atoms with Crippen LogP contribution in [0.4, 0.5) is 8.78 Å². The Morgan fingerprint density at radius 1 is 0.800 bits per heavy atom. The van der Waals surface area contributed by atoms with Gasteiger partial charge in [0.15, 0.2) is 6.10 Å². The first kappa shape index (κ1) is 32.8. The zero-order valence-corrected chi connectivity index (χ0v) is 27.3. The van der Waals surface area contributed by atoms with Crippen molar-refractivity contribution in [3.05, 3.63) is 118 Å². The Balaban J connectivity index is 1.55. The first-order valence-corrected chi connectivity index (χ1v) is 16.1. The zero-order valence-electron chi connectivity index (χ0n) is 27.3. The third-order valence-electron chi connectivity index (χ3n) is 9.13. The van der Waals surface area contributed by atoms with Gasteiger partial charge in [0.05, 0.1) is 19.3 Å². The van der Waals surface area contributed by atoms with Crippen LogP contribution in [0.3, 0.4) is 0 Å². The van der Waals surface area contributed by atoms with Crippen LogP contribution in [0.25, 0.3) is 0 Å². The first-order valence-electron chi connectivity index (χ1n) is 16.1. The fraction of sp³-hybridized carbons (Fsp3) is 0.447. The van der Waals surface area contributed by atoms with Crippen LogP contribution >= 0.6 is 0 Å². The highest BCUT2D eigenvalue weighted by Crippen LogP contribution is 2.48. The van der Waals surface area contributed by atoms with Gasteiger partial charge in [0.1, 0.15) is 6.10 Å². The van der Waals surface area contributed by atoms with E-state index in [0.717, 1.165) is 33.5 Å². The lowest BCUT2D eigenvalue weighted by atomic mass is 9.71. The number of rotatable bonds is 12. The van der Waals surface area contributed by atoms with Crippen molar-refractivity contribution in [3.8, 4) is 5.88 Å². The third kappa shape index (κ3) is 7.31. The summed E-state index contributed by atoms with van der Waals surface area (Å²) in [6.07, 6.45) is -2.48. The van der Waals surface area contributed by atoms with Gasteiger partial charge in [-0.05, 0) is 56.7 Å². The molecule has 0 N–H and O–H groups in total. The van der Waals surface area contributed by atoms with E-state index in [1.165, 1.54) is 0 Å². The highest BCUT2D eigenvalue weighted by molar-refractivity contribution is 5.37. The summed E-state index contributed by atoms with van der Waals surface area (Å²) in [7, 11) is 0. The van der Waals surface area contributed by atoms with Gasteiger partial charge in [0.25, 0.3) is 5.92 Å². The molecule has 1 aromatic heterocycles. The number of hydrogen-bond acceptors (Lipinski definition) is 4. The summed E-state index contributed by atoms with van der Waals surface area (Å²) in [6.45, 7) is 12.2. The summed E-state index contributed by atoms with van der Waals surface area (Å²) in [5.41, 5.74) is 5.80. The number of ether oxygens (including phenoxy) is 3.